The van der Waals surface area contributed by atoms with E-state index in [4.69, 9.17) is 9.47 Å². The van der Waals surface area contributed by atoms with Gasteiger partial charge in [-0.1, -0.05) is 124 Å². The number of ether oxygens (including phenoxy) is 2. The lowest BCUT2D eigenvalue weighted by Gasteiger charge is -2.28. The number of rotatable bonds is 33. The third-order valence-corrected chi connectivity index (χ3v) is 8.75. The van der Waals surface area contributed by atoms with E-state index >= 15 is 0 Å². The predicted molar refractivity (Wildman–Crippen MR) is 181 cm³/mol. The molecular formula is C37H73NO5. The van der Waals surface area contributed by atoms with E-state index in [2.05, 4.69) is 32.6 Å². The first-order valence-corrected chi connectivity index (χ1v) is 18.7. The molecule has 2 atom stereocenters. The van der Waals surface area contributed by atoms with Crippen LogP contribution in [-0.4, -0.2) is 60.9 Å². The molecule has 43 heavy (non-hydrogen) atoms. The average molecular weight is 612 g/mol. The summed E-state index contributed by atoms with van der Waals surface area (Å²) in [6, 6.07) is 0.501. The van der Waals surface area contributed by atoms with Gasteiger partial charge in [-0.15, -0.1) is 0 Å². The molecule has 6 heteroatoms. The highest BCUT2D eigenvalue weighted by Gasteiger charge is 2.19. The smallest absolute Gasteiger partial charge is 0.308 e. The van der Waals surface area contributed by atoms with Crippen LogP contribution in [0.5, 0.6) is 0 Å². The second-order valence-electron chi connectivity index (χ2n) is 12.8. The lowest BCUT2D eigenvalue weighted by Crippen LogP contribution is -2.36. The summed E-state index contributed by atoms with van der Waals surface area (Å²) in [6.45, 7) is 12.0. The average Bonchev–Trinajstić information content (AvgIpc) is 3.00. The van der Waals surface area contributed by atoms with E-state index in [0.717, 1.165) is 83.7 Å². The minimum Gasteiger partial charge on any atom is -0.466 e. The molecule has 0 saturated heterocycles. The predicted octanol–water partition coefficient (Wildman–Crippen LogP) is 9.79. The highest BCUT2D eigenvalue weighted by molar-refractivity contribution is 5.72. The molecule has 0 aromatic rings. The van der Waals surface area contributed by atoms with Gasteiger partial charge in [-0.25, -0.2) is 0 Å². The van der Waals surface area contributed by atoms with Crippen molar-refractivity contribution in [2.24, 2.45) is 5.92 Å². The third-order valence-electron chi connectivity index (χ3n) is 8.75. The van der Waals surface area contributed by atoms with Crippen molar-refractivity contribution < 1.29 is 24.2 Å². The number of hydrogen-bond donors (Lipinski definition) is 1. The van der Waals surface area contributed by atoms with Crippen molar-refractivity contribution in [2.75, 3.05) is 32.9 Å². The zero-order valence-electron chi connectivity index (χ0n) is 29.2. The van der Waals surface area contributed by atoms with Gasteiger partial charge in [0.1, 0.15) is 0 Å². The zero-order chi connectivity index (χ0) is 31.8. The quantitative estimate of drug-likeness (QED) is 0.0588. The van der Waals surface area contributed by atoms with Crippen molar-refractivity contribution in [1.82, 2.24) is 4.90 Å². The van der Waals surface area contributed by atoms with Crippen LogP contribution < -0.4 is 0 Å². The highest BCUT2D eigenvalue weighted by Crippen LogP contribution is 2.20. The van der Waals surface area contributed by atoms with E-state index in [-0.39, 0.29) is 24.5 Å². The maximum Gasteiger partial charge on any atom is 0.308 e. The van der Waals surface area contributed by atoms with E-state index in [1.165, 1.54) is 77.0 Å². The number of hydrogen-bond acceptors (Lipinski definition) is 6. The Morgan fingerprint density at radius 2 is 1.07 bits per heavy atom. The Bertz CT molecular complexity index is 614. The summed E-state index contributed by atoms with van der Waals surface area (Å²) in [7, 11) is 0. The monoisotopic (exact) mass is 612 g/mol. The number of carbonyl (C=O) groups excluding carboxylic acids is 2. The van der Waals surface area contributed by atoms with Crippen LogP contribution in [0.15, 0.2) is 0 Å². The van der Waals surface area contributed by atoms with Crippen LogP contribution in [0, 0.1) is 5.92 Å². The first-order chi connectivity index (χ1) is 21.0. The van der Waals surface area contributed by atoms with E-state index in [9.17, 15) is 14.7 Å². The van der Waals surface area contributed by atoms with Crippen molar-refractivity contribution in [3.05, 3.63) is 0 Å². The molecule has 0 radical (unpaired) electrons. The van der Waals surface area contributed by atoms with Crippen LogP contribution in [0.1, 0.15) is 182 Å². The number of nitrogens with zero attached hydrogens (tertiary/aromatic N) is 1. The molecule has 256 valence electrons. The molecule has 0 rings (SSSR count). The lowest BCUT2D eigenvalue weighted by molar-refractivity contribution is -0.149. The molecule has 2 unspecified atom stereocenters. The molecule has 0 heterocycles. The van der Waals surface area contributed by atoms with Crippen molar-refractivity contribution in [2.45, 2.75) is 188 Å². The van der Waals surface area contributed by atoms with Crippen LogP contribution >= 0.6 is 0 Å². The summed E-state index contributed by atoms with van der Waals surface area (Å²) in [5, 5.41) is 9.58. The Balaban J connectivity index is 3.93. The van der Waals surface area contributed by atoms with Gasteiger partial charge < -0.3 is 14.6 Å². The molecule has 0 saturated carbocycles. The number of unbranched alkanes of at least 4 members (excludes halogenated alkanes) is 15. The largest absolute Gasteiger partial charge is 0.466 e. The molecule has 0 fully saturated rings. The summed E-state index contributed by atoms with van der Waals surface area (Å²) >= 11 is 0. The SMILES string of the molecule is CCCCCCC(CCCCC)C(=O)OCCCCCCCN(CCO)C(C)CCCCCCCCOC(=O)CCCC. The maximum atomic E-state index is 12.7. The van der Waals surface area contributed by atoms with E-state index in [1.54, 1.807) is 0 Å². The fraction of sp³-hybridized carbons (Fsp3) is 0.946. The van der Waals surface area contributed by atoms with Gasteiger partial charge in [-0.05, 0) is 58.4 Å². The van der Waals surface area contributed by atoms with E-state index in [0.29, 0.717) is 25.7 Å². The van der Waals surface area contributed by atoms with Crippen LogP contribution in [0.25, 0.3) is 0 Å². The standard InChI is InChI=1S/C37H73NO5/c1-5-8-11-21-27-35(26-19-9-6-2)37(41)43-33-24-18-14-16-22-29-38(30-31-39)34(4)25-20-15-12-13-17-23-32-42-36(40)28-10-7-3/h34-35,39H,5-33H2,1-4H3. The van der Waals surface area contributed by atoms with Crippen molar-refractivity contribution in [3.8, 4) is 0 Å². The van der Waals surface area contributed by atoms with Crippen molar-refractivity contribution >= 4 is 11.9 Å². The molecule has 0 aromatic heterocycles. The highest BCUT2D eigenvalue weighted by atomic mass is 16.5. The maximum absolute atomic E-state index is 12.7. The van der Waals surface area contributed by atoms with Crippen molar-refractivity contribution in [3.63, 3.8) is 0 Å². The molecule has 0 bridgehead atoms. The van der Waals surface area contributed by atoms with Gasteiger partial charge in [-0.3, -0.25) is 14.5 Å². The summed E-state index contributed by atoms with van der Waals surface area (Å²) in [5.74, 6) is 0.0957. The summed E-state index contributed by atoms with van der Waals surface area (Å²) in [5.41, 5.74) is 0. The number of esters is 2. The molecule has 0 aliphatic heterocycles. The molecule has 0 aliphatic rings. The molecule has 1 N–H and O–H groups in total. The van der Waals surface area contributed by atoms with Crippen LogP contribution in [0.2, 0.25) is 0 Å². The topological polar surface area (TPSA) is 76.1 Å². The Labute approximate surface area is 267 Å². The van der Waals surface area contributed by atoms with Gasteiger partial charge in [0, 0.05) is 19.0 Å². The second kappa shape index (κ2) is 32.3. The summed E-state index contributed by atoms with van der Waals surface area (Å²) in [4.78, 5) is 26.7. The minimum atomic E-state index is -0.0456. The lowest BCUT2D eigenvalue weighted by atomic mass is 9.95. The molecule has 0 spiro atoms. The molecule has 0 aliphatic carbocycles. The van der Waals surface area contributed by atoms with E-state index < -0.39 is 0 Å². The number of aliphatic hydroxyl groups excluding tert-OH is 1. The van der Waals surface area contributed by atoms with Crippen LogP contribution in [0.4, 0.5) is 0 Å². The van der Waals surface area contributed by atoms with E-state index in [1.807, 2.05) is 0 Å². The Hall–Kier alpha value is -1.14. The normalized spacial score (nSPS) is 12.9. The molecule has 0 amide bonds. The fourth-order valence-electron chi connectivity index (χ4n) is 5.77. The Kier molecular flexibility index (Phi) is 31.4. The van der Waals surface area contributed by atoms with Crippen LogP contribution in [-0.2, 0) is 19.1 Å². The second-order valence-corrected chi connectivity index (χ2v) is 12.8. The van der Waals surface area contributed by atoms with Gasteiger partial charge in [-0.2, -0.15) is 0 Å². The third kappa shape index (κ3) is 26.9. The Morgan fingerprint density at radius 1 is 0.581 bits per heavy atom. The molecule has 0 aromatic carbocycles. The fourth-order valence-corrected chi connectivity index (χ4v) is 5.77. The molecule has 6 nitrogen and oxygen atoms in total. The number of carbonyl (C=O) groups is 2. The van der Waals surface area contributed by atoms with Gasteiger partial charge in [0.25, 0.3) is 0 Å². The first kappa shape index (κ1) is 41.9. The van der Waals surface area contributed by atoms with Gasteiger partial charge in [0.15, 0.2) is 0 Å². The minimum absolute atomic E-state index is 0.0432. The summed E-state index contributed by atoms with van der Waals surface area (Å²) in [6.07, 6.45) is 26.7. The van der Waals surface area contributed by atoms with Gasteiger partial charge in [0.05, 0.1) is 25.7 Å². The summed E-state index contributed by atoms with van der Waals surface area (Å²) < 4.78 is 11.0. The first-order valence-electron chi connectivity index (χ1n) is 18.7. The van der Waals surface area contributed by atoms with Gasteiger partial charge >= 0.3 is 11.9 Å². The molecular weight excluding hydrogens is 538 g/mol. The zero-order valence-corrected chi connectivity index (χ0v) is 29.2. The van der Waals surface area contributed by atoms with Crippen LogP contribution in [0.3, 0.4) is 0 Å². The number of aliphatic hydroxyl groups is 1. The Morgan fingerprint density at radius 3 is 1.70 bits per heavy atom. The van der Waals surface area contributed by atoms with Gasteiger partial charge in [0.2, 0.25) is 0 Å². The van der Waals surface area contributed by atoms with Crippen molar-refractivity contribution in [1.29, 1.82) is 0 Å².